The minimum Gasteiger partial charge on any atom is -0.497 e. The maximum Gasteiger partial charge on any atom is 0.243 e. The minimum atomic E-state index is -3.50. The Balaban J connectivity index is 0.000000186. The van der Waals surface area contributed by atoms with Crippen LogP contribution in [0.25, 0.3) is 22.5 Å². The van der Waals surface area contributed by atoms with E-state index in [0.29, 0.717) is 73.6 Å². The third-order valence-electron chi connectivity index (χ3n) is 10.3. The van der Waals surface area contributed by atoms with Crippen LogP contribution in [-0.4, -0.2) is 116 Å². The summed E-state index contributed by atoms with van der Waals surface area (Å²) >= 11 is 9.77. The van der Waals surface area contributed by atoms with Gasteiger partial charge in [-0.1, -0.05) is 31.9 Å². The topological polar surface area (TPSA) is 144 Å². The predicted molar refractivity (Wildman–Crippen MR) is 252 cm³/mol. The van der Waals surface area contributed by atoms with Gasteiger partial charge in [0.1, 0.15) is 11.5 Å². The lowest BCUT2D eigenvalue weighted by atomic mass is 10.1. The Morgan fingerprint density at radius 2 is 0.968 bits per heavy atom. The first-order valence-electron chi connectivity index (χ1n) is 19.2. The van der Waals surface area contributed by atoms with E-state index in [2.05, 4.69) is 41.7 Å². The molecule has 0 bridgehead atoms. The Hall–Kier alpha value is -4.28. The zero-order valence-electron chi connectivity index (χ0n) is 34.2. The van der Waals surface area contributed by atoms with Gasteiger partial charge in [-0.25, -0.2) is 26.8 Å². The number of nitrogens with zero attached hydrogens (tertiary/aromatic N) is 6. The number of aromatic nitrogens is 2. The van der Waals surface area contributed by atoms with E-state index in [1.807, 2.05) is 47.2 Å². The van der Waals surface area contributed by atoms with E-state index in [0.717, 1.165) is 53.2 Å². The molecule has 0 amide bonds. The molecule has 0 saturated carbocycles. The molecule has 8 rings (SSSR count). The molecule has 4 aromatic carbocycles. The first-order chi connectivity index (χ1) is 29.8. The highest BCUT2D eigenvalue weighted by atomic mass is 79.9. The number of thiazole rings is 2. The summed E-state index contributed by atoms with van der Waals surface area (Å²) in [5, 5.41) is 5.73. The highest BCUT2D eigenvalue weighted by Gasteiger charge is 2.31. The highest BCUT2D eigenvalue weighted by molar-refractivity contribution is 9.10. The molecule has 2 saturated heterocycles. The molecule has 0 atom stereocenters. The van der Waals surface area contributed by atoms with E-state index in [4.69, 9.17) is 28.9 Å². The second-order valence-corrected chi connectivity index (χ2v) is 21.2. The van der Waals surface area contributed by atoms with Crippen LogP contribution in [0.1, 0.15) is 0 Å². The van der Waals surface area contributed by atoms with Gasteiger partial charge in [-0.3, -0.25) is 0 Å². The quantitative estimate of drug-likeness (QED) is 0.117. The molecule has 6 aromatic rings. The molecule has 62 heavy (non-hydrogen) atoms. The fraction of sp³-hybridized carbons (Fsp3) is 0.286. The number of anilines is 2. The molecule has 0 spiro atoms. The van der Waals surface area contributed by atoms with Crippen molar-refractivity contribution >= 4 is 84.8 Å². The lowest BCUT2D eigenvalue weighted by molar-refractivity contribution is 0.355. The summed E-state index contributed by atoms with van der Waals surface area (Å²) < 4.78 is 77.9. The molecule has 328 valence electrons. The van der Waals surface area contributed by atoms with Crippen LogP contribution in [0.15, 0.2) is 114 Å². The standard InChI is InChI=1S/2C21H22BrN3O4S2/c1-28-19-8-3-15(13-20(19)29-2)18-14-30-21(23-18)24-9-11-25(12-10-24)31(26,27)17-6-4-16(22)5-7-17;1-28-16-5-8-20(29-2)18(13-16)19-14-30-21(23-19)24-9-11-25(12-10-24)31(26,27)17-6-3-15(22)4-7-17/h2*3-8,13-14H,9-12H2,1-2H3. The van der Waals surface area contributed by atoms with Crippen LogP contribution in [0.5, 0.6) is 23.0 Å². The molecule has 2 aliphatic rings. The summed E-state index contributed by atoms with van der Waals surface area (Å²) in [6, 6.07) is 24.8. The van der Waals surface area contributed by atoms with Crippen molar-refractivity contribution in [1.29, 1.82) is 0 Å². The molecule has 0 unspecified atom stereocenters. The SMILES string of the molecule is COc1ccc(-c2csc(N3CCN(S(=O)(=O)c4ccc(Br)cc4)CC3)n2)cc1OC.COc1ccc(OC)c(-c2csc(N3CCN(S(=O)(=O)c4ccc(Br)cc4)CC3)n2)c1. The third kappa shape index (κ3) is 10.2. The van der Waals surface area contributed by atoms with Gasteiger partial charge >= 0.3 is 0 Å². The van der Waals surface area contributed by atoms with Crippen molar-refractivity contribution in [3.63, 3.8) is 0 Å². The molecule has 2 fully saturated rings. The number of rotatable bonds is 12. The summed E-state index contributed by atoms with van der Waals surface area (Å²) in [5.41, 5.74) is 3.46. The van der Waals surface area contributed by atoms with Crippen molar-refractivity contribution in [2.45, 2.75) is 9.79 Å². The summed E-state index contributed by atoms with van der Waals surface area (Å²) in [6.45, 7) is 4.01. The van der Waals surface area contributed by atoms with Crippen LogP contribution in [0.4, 0.5) is 10.3 Å². The summed E-state index contributed by atoms with van der Waals surface area (Å²) in [6.07, 6.45) is 0. The van der Waals surface area contributed by atoms with Crippen LogP contribution in [0.2, 0.25) is 0 Å². The van der Waals surface area contributed by atoms with Gasteiger partial charge in [0.05, 0.1) is 49.6 Å². The molecular weight excluding hydrogens is 1000 g/mol. The second kappa shape index (κ2) is 20.0. The van der Waals surface area contributed by atoms with E-state index < -0.39 is 20.0 Å². The van der Waals surface area contributed by atoms with Crippen molar-refractivity contribution in [3.05, 3.63) is 105 Å². The Morgan fingerprint density at radius 3 is 1.44 bits per heavy atom. The van der Waals surface area contributed by atoms with Crippen molar-refractivity contribution < 1.29 is 35.8 Å². The van der Waals surface area contributed by atoms with E-state index >= 15 is 0 Å². The molecule has 2 aliphatic heterocycles. The lowest BCUT2D eigenvalue weighted by Gasteiger charge is -2.33. The largest absolute Gasteiger partial charge is 0.497 e. The van der Waals surface area contributed by atoms with Crippen LogP contribution < -0.4 is 28.7 Å². The zero-order valence-corrected chi connectivity index (χ0v) is 40.7. The number of sulfonamides is 2. The highest BCUT2D eigenvalue weighted by Crippen LogP contribution is 2.37. The van der Waals surface area contributed by atoms with Gasteiger partial charge in [0, 0.05) is 83.2 Å². The number of methoxy groups -OCH3 is 4. The number of hydrogen-bond donors (Lipinski definition) is 0. The van der Waals surface area contributed by atoms with Crippen molar-refractivity contribution in [1.82, 2.24) is 18.6 Å². The molecule has 4 heterocycles. The molecule has 0 N–H and O–H groups in total. The minimum absolute atomic E-state index is 0.311. The number of halogens is 2. The van der Waals surface area contributed by atoms with Crippen LogP contribution in [0, 0.1) is 0 Å². The predicted octanol–water partition coefficient (Wildman–Crippen LogP) is 8.20. The Morgan fingerprint density at radius 1 is 0.516 bits per heavy atom. The molecule has 2 aromatic heterocycles. The first kappa shape index (κ1) is 45.7. The van der Waals surface area contributed by atoms with Gasteiger partial charge in [-0.05, 0) is 84.9 Å². The average Bonchev–Trinajstić information content (AvgIpc) is 4.01. The second-order valence-electron chi connectivity index (χ2n) is 13.9. The van der Waals surface area contributed by atoms with Crippen molar-refractivity contribution in [3.8, 4) is 45.5 Å². The Labute approximate surface area is 387 Å². The molecular formula is C42H44Br2N6O8S4. The molecule has 20 heteroatoms. The summed E-state index contributed by atoms with van der Waals surface area (Å²) in [4.78, 5) is 14.4. The Bertz CT molecular complexity index is 2690. The number of benzene rings is 4. The number of ether oxygens (including phenoxy) is 4. The molecule has 0 radical (unpaired) electrons. The first-order valence-corrected chi connectivity index (χ1v) is 25.4. The lowest BCUT2D eigenvalue weighted by Crippen LogP contribution is -2.48. The number of hydrogen-bond acceptors (Lipinski definition) is 14. The fourth-order valence-electron chi connectivity index (χ4n) is 6.84. The van der Waals surface area contributed by atoms with Gasteiger partial charge in [0.15, 0.2) is 21.8 Å². The van der Waals surface area contributed by atoms with Crippen LogP contribution in [0.3, 0.4) is 0 Å². The fourth-order valence-corrected chi connectivity index (χ4v) is 12.0. The smallest absolute Gasteiger partial charge is 0.243 e. The van der Waals surface area contributed by atoms with Gasteiger partial charge < -0.3 is 28.7 Å². The van der Waals surface area contributed by atoms with E-state index in [9.17, 15) is 16.8 Å². The molecule has 0 aliphatic carbocycles. The van der Waals surface area contributed by atoms with Gasteiger partial charge in [0.2, 0.25) is 20.0 Å². The van der Waals surface area contributed by atoms with E-state index in [1.165, 1.54) is 19.9 Å². The summed E-state index contributed by atoms with van der Waals surface area (Å²) in [5.74, 6) is 2.78. The molecule has 14 nitrogen and oxygen atoms in total. The van der Waals surface area contributed by atoms with Gasteiger partial charge in [-0.15, -0.1) is 22.7 Å². The van der Waals surface area contributed by atoms with Gasteiger partial charge in [-0.2, -0.15) is 8.61 Å². The maximum absolute atomic E-state index is 12.9. The van der Waals surface area contributed by atoms with E-state index in [-0.39, 0.29) is 0 Å². The average molecular weight is 1050 g/mol. The zero-order chi connectivity index (χ0) is 44.0. The third-order valence-corrected chi connectivity index (χ3v) is 17.0. The van der Waals surface area contributed by atoms with Gasteiger partial charge in [0.25, 0.3) is 0 Å². The van der Waals surface area contributed by atoms with Crippen molar-refractivity contribution in [2.24, 2.45) is 0 Å². The Kier molecular flexibility index (Phi) is 14.8. The van der Waals surface area contributed by atoms with Crippen molar-refractivity contribution in [2.75, 3.05) is 90.6 Å². The maximum atomic E-state index is 12.9. The number of piperazine rings is 2. The van der Waals surface area contributed by atoms with Crippen LogP contribution >= 0.6 is 54.5 Å². The normalized spacial score (nSPS) is 15.1. The van der Waals surface area contributed by atoms with Crippen LogP contribution in [-0.2, 0) is 20.0 Å². The summed E-state index contributed by atoms with van der Waals surface area (Å²) in [7, 11) is -0.527. The monoisotopic (exact) mass is 1050 g/mol. The van der Waals surface area contributed by atoms with E-state index in [1.54, 1.807) is 88.3 Å².